The number of benzene rings is 1. The van der Waals surface area contributed by atoms with Crippen molar-refractivity contribution in [2.24, 2.45) is 5.92 Å². The number of carboxylic acids is 1. The molecule has 0 aliphatic heterocycles. The van der Waals surface area contributed by atoms with Crippen LogP contribution in [0.15, 0.2) is 24.3 Å². The summed E-state index contributed by atoms with van der Waals surface area (Å²) in [5.41, 5.74) is 0.513. The molecule has 0 heterocycles. The number of rotatable bonds is 10. The summed E-state index contributed by atoms with van der Waals surface area (Å²) in [5, 5.41) is 12.1. The number of nitrogens with zero attached hydrogens (tertiary/aromatic N) is 1. The number of carboxylic acid groups (broad SMARTS) is 1. The minimum absolute atomic E-state index is 0.0637. The van der Waals surface area contributed by atoms with Crippen molar-refractivity contribution in [2.45, 2.75) is 33.1 Å². The second-order valence-corrected chi connectivity index (χ2v) is 6.68. The maximum absolute atomic E-state index is 12.2. The van der Waals surface area contributed by atoms with Gasteiger partial charge in [0.15, 0.2) is 0 Å². The predicted molar refractivity (Wildman–Crippen MR) is 96.7 cm³/mol. The van der Waals surface area contributed by atoms with E-state index in [0.717, 1.165) is 0 Å². The van der Waals surface area contributed by atoms with E-state index in [1.807, 2.05) is 13.8 Å². The Labute approximate surface area is 153 Å². The maximum atomic E-state index is 12.2. The number of nitrogens with one attached hydrogen (secondary N) is 1. The smallest absolute Gasteiger partial charge is 0.305 e. The van der Waals surface area contributed by atoms with Crippen molar-refractivity contribution in [3.05, 3.63) is 34.9 Å². The lowest BCUT2D eigenvalue weighted by atomic mass is 10.1. The Morgan fingerprint density at radius 2 is 1.80 bits per heavy atom. The minimum atomic E-state index is -0.920. The summed E-state index contributed by atoms with van der Waals surface area (Å²) >= 11 is 5.78. The topological polar surface area (TPSA) is 86.7 Å². The van der Waals surface area contributed by atoms with Crippen molar-refractivity contribution in [2.75, 3.05) is 19.6 Å². The number of amides is 2. The van der Waals surface area contributed by atoms with Crippen molar-refractivity contribution in [1.82, 2.24) is 10.2 Å². The minimum Gasteiger partial charge on any atom is -0.481 e. The van der Waals surface area contributed by atoms with E-state index in [-0.39, 0.29) is 37.1 Å². The highest BCUT2D eigenvalue weighted by Crippen LogP contribution is 2.09. The van der Waals surface area contributed by atoms with E-state index < -0.39 is 5.97 Å². The molecule has 0 spiro atoms. The molecule has 1 aromatic carbocycles. The van der Waals surface area contributed by atoms with Crippen LogP contribution >= 0.6 is 11.6 Å². The van der Waals surface area contributed by atoms with E-state index in [9.17, 15) is 14.4 Å². The van der Waals surface area contributed by atoms with Crippen LogP contribution < -0.4 is 5.32 Å². The third-order valence-corrected chi connectivity index (χ3v) is 3.75. The highest BCUT2D eigenvalue weighted by molar-refractivity contribution is 6.30. The Morgan fingerprint density at radius 3 is 2.36 bits per heavy atom. The first-order chi connectivity index (χ1) is 11.8. The number of carbonyl (C=O) groups excluding carboxylic acids is 2. The third kappa shape index (κ3) is 8.54. The lowest BCUT2D eigenvalue weighted by molar-refractivity contribution is -0.138. The van der Waals surface area contributed by atoms with Gasteiger partial charge in [0.05, 0.1) is 6.42 Å². The summed E-state index contributed by atoms with van der Waals surface area (Å²) in [6.45, 7) is 5.08. The van der Waals surface area contributed by atoms with E-state index in [2.05, 4.69) is 5.32 Å². The molecular formula is C18H25ClN2O4. The van der Waals surface area contributed by atoms with Crippen LogP contribution in [0.4, 0.5) is 0 Å². The number of hydrogen-bond donors (Lipinski definition) is 2. The number of carbonyl (C=O) groups is 3. The van der Waals surface area contributed by atoms with E-state index >= 15 is 0 Å². The Hall–Kier alpha value is -2.08. The number of aliphatic carboxylic acids is 1. The Morgan fingerprint density at radius 1 is 1.16 bits per heavy atom. The summed E-state index contributed by atoms with van der Waals surface area (Å²) in [7, 11) is 0. The molecule has 0 aliphatic carbocycles. The van der Waals surface area contributed by atoms with Gasteiger partial charge >= 0.3 is 5.97 Å². The molecule has 2 amide bonds. The molecule has 0 fully saturated rings. The quantitative estimate of drug-likeness (QED) is 0.622. The van der Waals surface area contributed by atoms with Crippen LogP contribution in [0.5, 0.6) is 0 Å². The molecule has 1 aromatic rings. The lowest BCUT2D eigenvalue weighted by Gasteiger charge is -2.24. The molecular weight excluding hydrogens is 344 g/mol. The van der Waals surface area contributed by atoms with Gasteiger partial charge in [0, 0.05) is 36.6 Å². The largest absolute Gasteiger partial charge is 0.481 e. The van der Waals surface area contributed by atoms with E-state index in [1.165, 1.54) is 0 Å². The first kappa shape index (κ1) is 21.0. The Kier molecular flexibility index (Phi) is 8.99. The zero-order chi connectivity index (χ0) is 18.8. The van der Waals surface area contributed by atoms with E-state index in [4.69, 9.17) is 16.7 Å². The monoisotopic (exact) mass is 368 g/mol. The molecule has 1 rings (SSSR count). The van der Waals surface area contributed by atoms with Crippen LogP contribution in [0.2, 0.25) is 5.02 Å². The standard InChI is InChI=1S/C18H25ClN2O4/c1-13(2)12-21(11-9-17(23)24)16(22)4-3-10-20-18(25)14-5-7-15(19)8-6-14/h5-8,13H,3-4,9-12H2,1-2H3,(H,20,25)(H,23,24). The number of hydrogen-bond acceptors (Lipinski definition) is 3. The van der Waals surface area contributed by atoms with Crippen LogP contribution in [0.1, 0.15) is 43.5 Å². The van der Waals surface area contributed by atoms with E-state index in [1.54, 1.807) is 29.2 Å². The molecule has 2 N–H and O–H groups in total. The average molecular weight is 369 g/mol. The summed E-state index contributed by atoms with van der Waals surface area (Å²) < 4.78 is 0. The highest BCUT2D eigenvalue weighted by atomic mass is 35.5. The van der Waals surface area contributed by atoms with Gasteiger partial charge in [-0.25, -0.2) is 0 Å². The van der Waals surface area contributed by atoms with Crippen molar-refractivity contribution in [3.63, 3.8) is 0 Å². The molecule has 0 unspecified atom stereocenters. The van der Waals surface area contributed by atoms with Gasteiger partial charge in [-0.1, -0.05) is 25.4 Å². The van der Waals surface area contributed by atoms with Crippen molar-refractivity contribution in [1.29, 1.82) is 0 Å². The SMILES string of the molecule is CC(C)CN(CCC(=O)O)C(=O)CCCNC(=O)c1ccc(Cl)cc1. The predicted octanol–water partition coefficient (Wildman–Crippen LogP) is 2.81. The zero-order valence-corrected chi connectivity index (χ0v) is 15.4. The first-order valence-electron chi connectivity index (χ1n) is 8.33. The fourth-order valence-corrected chi connectivity index (χ4v) is 2.42. The molecule has 0 atom stereocenters. The molecule has 0 aromatic heterocycles. The third-order valence-electron chi connectivity index (χ3n) is 3.49. The summed E-state index contributed by atoms with van der Waals surface area (Å²) in [5.74, 6) is -0.955. The second kappa shape index (κ2) is 10.7. The van der Waals surface area contributed by atoms with Crippen LogP contribution in [0.3, 0.4) is 0 Å². The van der Waals surface area contributed by atoms with Gasteiger partial charge < -0.3 is 15.3 Å². The Bertz CT molecular complexity index is 587. The fourth-order valence-electron chi connectivity index (χ4n) is 2.29. The molecule has 138 valence electrons. The molecule has 25 heavy (non-hydrogen) atoms. The summed E-state index contributed by atoms with van der Waals surface area (Å²) in [4.78, 5) is 36.5. The van der Waals surface area contributed by atoms with Crippen LogP contribution in [-0.4, -0.2) is 47.4 Å². The van der Waals surface area contributed by atoms with Crippen LogP contribution in [-0.2, 0) is 9.59 Å². The molecule has 0 saturated carbocycles. The first-order valence-corrected chi connectivity index (χ1v) is 8.70. The zero-order valence-electron chi connectivity index (χ0n) is 14.6. The number of halogens is 1. The Balaban J connectivity index is 2.38. The normalized spacial score (nSPS) is 10.6. The maximum Gasteiger partial charge on any atom is 0.305 e. The summed E-state index contributed by atoms with van der Waals surface area (Å²) in [6, 6.07) is 6.57. The highest BCUT2D eigenvalue weighted by Gasteiger charge is 2.16. The van der Waals surface area contributed by atoms with Crippen LogP contribution in [0, 0.1) is 5.92 Å². The van der Waals surface area contributed by atoms with Gasteiger partial charge in [0.2, 0.25) is 5.91 Å². The lowest BCUT2D eigenvalue weighted by Crippen LogP contribution is -2.36. The molecule has 0 bridgehead atoms. The van der Waals surface area contributed by atoms with Crippen molar-refractivity contribution in [3.8, 4) is 0 Å². The average Bonchev–Trinajstić information content (AvgIpc) is 2.55. The molecule has 7 heteroatoms. The van der Waals surface area contributed by atoms with Crippen molar-refractivity contribution >= 4 is 29.4 Å². The van der Waals surface area contributed by atoms with Gasteiger partial charge in [0.1, 0.15) is 0 Å². The fraction of sp³-hybridized carbons (Fsp3) is 0.500. The molecule has 0 saturated heterocycles. The van der Waals surface area contributed by atoms with Crippen LogP contribution in [0.25, 0.3) is 0 Å². The molecule has 0 radical (unpaired) electrons. The second-order valence-electron chi connectivity index (χ2n) is 6.24. The van der Waals surface area contributed by atoms with Crippen molar-refractivity contribution < 1.29 is 19.5 Å². The molecule has 6 nitrogen and oxygen atoms in total. The van der Waals surface area contributed by atoms with Gasteiger partial charge in [-0.15, -0.1) is 0 Å². The van der Waals surface area contributed by atoms with Gasteiger partial charge in [0.25, 0.3) is 5.91 Å². The molecule has 0 aliphatic rings. The van der Waals surface area contributed by atoms with Gasteiger partial charge in [-0.2, -0.15) is 0 Å². The van der Waals surface area contributed by atoms with E-state index in [0.29, 0.717) is 30.1 Å². The van der Waals surface area contributed by atoms with Gasteiger partial charge in [-0.05, 0) is 36.6 Å². The summed E-state index contributed by atoms with van der Waals surface area (Å²) in [6.07, 6.45) is 0.707. The van der Waals surface area contributed by atoms with Gasteiger partial charge in [-0.3, -0.25) is 14.4 Å².